The van der Waals surface area contributed by atoms with Gasteiger partial charge in [0.15, 0.2) is 5.11 Å². The summed E-state index contributed by atoms with van der Waals surface area (Å²) in [5.74, 6) is -0.100. The third kappa shape index (κ3) is 3.35. The minimum Gasteiger partial charge on any atom is -0.372 e. The minimum atomic E-state index is -0.100. The molecule has 0 unspecified atom stereocenters. The second kappa shape index (κ2) is 7.70. The normalized spacial score (nSPS) is 15.9. The standard InChI is InChI=1S/C21H23N3OS/c1-4-23(5-2)17-13-11-16(12-14-17)15-19-20(25)24(21(26)22(19)3)18-9-7-6-8-10-18/h6-15H,4-5H2,1-3H3/b19-15-. The van der Waals surface area contributed by atoms with Crippen molar-refractivity contribution in [2.45, 2.75) is 13.8 Å². The molecule has 2 aromatic carbocycles. The van der Waals surface area contributed by atoms with Crippen molar-refractivity contribution in [2.24, 2.45) is 0 Å². The molecule has 0 bridgehead atoms. The van der Waals surface area contributed by atoms with E-state index in [4.69, 9.17) is 12.2 Å². The fourth-order valence-electron chi connectivity index (χ4n) is 3.09. The maximum absolute atomic E-state index is 12.9. The van der Waals surface area contributed by atoms with Gasteiger partial charge in [-0.15, -0.1) is 0 Å². The Balaban J connectivity index is 1.89. The number of likely N-dealkylation sites (N-methyl/N-ethyl adjacent to an activating group) is 1. The van der Waals surface area contributed by atoms with E-state index in [0.717, 1.165) is 24.3 Å². The molecule has 134 valence electrons. The number of para-hydroxylation sites is 1. The first-order valence-corrected chi connectivity index (χ1v) is 9.21. The first-order chi connectivity index (χ1) is 12.6. The Kier molecular flexibility index (Phi) is 5.38. The summed E-state index contributed by atoms with van der Waals surface area (Å²) in [6, 6.07) is 17.8. The molecule has 1 aliphatic heterocycles. The lowest BCUT2D eigenvalue weighted by atomic mass is 10.1. The van der Waals surface area contributed by atoms with E-state index in [-0.39, 0.29) is 5.91 Å². The number of thiocarbonyl (C=S) groups is 1. The van der Waals surface area contributed by atoms with Gasteiger partial charge < -0.3 is 9.80 Å². The number of carbonyl (C=O) groups excluding carboxylic acids is 1. The molecule has 1 heterocycles. The van der Waals surface area contributed by atoms with Crippen LogP contribution in [0.5, 0.6) is 0 Å². The zero-order valence-electron chi connectivity index (χ0n) is 15.3. The molecule has 0 atom stereocenters. The molecule has 2 aromatic rings. The highest BCUT2D eigenvalue weighted by Gasteiger charge is 2.36. The van der Waals surface area contributed by atoms with Crippen LogP contribution in [0.25, 0.3) is 6.08 Å². The van der Waals surface area contributed by atoms with E-state index >= 15 is 0 Å². The van der Waals surface area contributed by atoms with Crippen LogP contribution in [0.15, 0.2) is 60.3 Å². The smallest absolute Gasteiger partial charge is 0.281 e. The monoisotopic (exact) mass is 365 g/mol. The summed E-state index contributed by atoms with van der Waals surface area (Å²) in [4.78, 5) is 18.5. The van der Waals surface area contributed by atoms with E-state index in [1.54, 1.807) is 9.80 Å². The van der Waals surface area contributed by atoms with Crippen molar-refractivity contribution in [3.8, 4) is 0 Å². The van der Waals surface area contributed by atoms with Gasteiger partial charge in [0.25, 0.3) is 5.91 Å². The van der Waals surface area contributed by atoms with Gasteiger partial charge in [-0.1, -0.05) is 30.3 Å². The Hall–Kier alpha value is -2.66. The summed E-state index contributed by atoms with van der Waals surface area (Å²) in [5, 5.41) is 0.493. The summed E-state index contributed by atoms with van der Waals surface area (Å²) < 4.78 is 0. The molecule has 1 fully saturated rings. The topological polar surface area (TPSA) is 26.8 Å². The molecule has 4 nitrogen and oxygen atoms in total. The van der Waals surface area contributed by atoms with Crippen molar-refractivity contribution in [1.29, 1.82) is 0 Å². The highest BCUT2D eigenvalue weighted by atomic mass is 32.1. The molecule has 1 amide bonds. The molecule has 0 spiro atoms. The molecule has 0 saturated carbocycles. The fourth-order valence-corrected chi connectivity index (χ4v) is 3.38. The second-order valence-electron chi connectivity index (χ2n) is 6.11. The van der Waals surface area contributed by atoms with Crippen LogP contribution in [-0.4, -0.2) is 36.1 Å². The van der Waals surface area contributed by atoms with Crippen molar-refractivity contribution in [1.82, 2.24) is 4.90 Å². The molecule has 0 aromatic heterocycles. The Morgan fingerprint density at radius 2 is 1.62 bits per heavy atom. The highest BCUT2D eigenvalue weighted by Crippen LogP contribution is 2.28. The van der Waals surface area contributed by atoms with E-state index < -0.39 is 0 Å². The van der Waals surface area contributed by atoms with Gasteiger partial charge in [-0.2, -0.15) is 0 Å². The second-order valence-corrected chi connectivity index (χ2v) is 6.48. The molecule has 26 heavy (non-hydrogen) atoms. The Morgan fingerprint density at radius 3 is 2.19 bits per heavy atom. The third-order valence-corrected chi connectivity index (χ3v) is 5.06. The minimum absolute atomic E-state index is 0.100. The molecule has 0 radical (unpaired) electrons. The van der Waals surface area contributed by atoms with Crippen LogP contribution in [0.4, 0.5) is 11.4 Å². The lowest BCUT2D eigenvalue weighted by Crippen LogP contribution is -2.30. The Bertz CT molecular complexity index is 826. The van der Waals surface area contributed by atoms with Gasteiger partial charge in [0.1, 0.15) is 5.70 Å². The van der Waals surface area contributed by atoms with Crippen LogP contribution < -0.4 is 9.80 Å². The number of benzene rings is 2. The summed E-state index contributed by atoms with van der Waals surface area (Å²) in [6.45, 7) is 6.23. The molecule has 5 heteroatoms. The van der Waals surface area contributed by atoms with Crippen LogP contribution in [0.3, 0.4) is 0 Å². The Labute approximate surface area is 160 Å². The van der Waals surface area contributed by atoms with Crippen molar-refractivity contribution < 1.29 is 4.79 Å². The van der Waals surface area contributed by atoms with E-state index in [1.165, 1.54) is 5.69 Å². The van der Waals surface area contributed by atoms with E-state index in [0.29, 0.717) is 10.8 Å². The van der Waals surface area contributed by atoms with Gasteiger partial charge in [0.05, 0.1) is 5.69 Å². The molecule has 0 N–H and O–H groups in total. The summed E-state index contributed by atoms with van der Waals surface area (Å²) in [5.41, 5.74) is 3.53. The number of anilines is 2. The molecule has 3 rings (SSSR count). The van der Waals surface area contributed by atoms with Crippen LogP contribution in [-0.2, 0) is 4.79 Å². The zero-order valence-corrected chi connectivity index (χ0v) is 16.2. The first kappa shape index (κ1) is 18.1. The quantitative estimate of drug-likeness (QED) is 0.588. The maximum atomic E-state index is 12.9. The van der Waals surface area contributed by atoms with Gasteiger partial charge in [0, 0.05) is 25.8 Å². The summed E-state index contributed by atoms with van der Waals surface area (Å²) in [6.07, 6.45) is 1.89. The summed E-state index contributed by atoms with van der Waals surface area (Å²) in [7, 11) is 1.83. The molecule has 1 aliphatic rings. The van der Waals surface area contributed by atoms with E-state index in [2.05, 4.69) is 30.9 Å². The predicted molar refractivity (Wildman–Crippen MR) is 112 cm³/mol. The van der Waals surface area contributed by atoms with Crippen LogP contribution in [0.2, 0.25) is 0 Å². The number of nitrogens with zero attached hydrogens (tertiary/aromatic N) is 3. The SMILES string of the molecule is CCN(CC)c1ccc(/C=C2/C(=O)N(c3ccccc3)C(=S)N2C)cc1. The largest absolute Gasteiger partial charge is 0.372 e. The average Bonchev–Trinajstić information content (AvgIpc) is 2.88. The maximum Gasteiger partial charge on any atom is 0.281 e. The number of rotatable bonds is 5. The van der Waals surface area contributed by atoms with Crippen molar-refractivity contribution in [3.05, 3.63) is 65.9 Å². The van der Waals surface area contributed by atoms with Crippen LogP contribution in [0, 0.1) is 0 Å². The molecule has 0 aliphatic carbocycles. The molecular formula is C21H23N3OS. The van der Waals surface area contributed by atoms with Gasteiger partial charge in [0.2, 0.25) is 0 Å². The molecular weight excluding hydrogens is 342 g/mol. The average molecular weight is 366 g/mol. The lowest BCUT2D eigenvalue weighted by molar-refractivity contribution is -0.114. The van der Waals surface area contributed by atoms with Gasteiger partial charge in [-0.25, -0.2) is 0 Å². The van der Waals surface area contributed by atoms with Gasteiger partial charge in [-0.05, 0) is 62.0 Å². The van der Waals surface area contributed by atoms with Crippen molar-refractivity contribution >= 4 is 40.7 Å². The van der Waals surface area contributed by atoms with Crippen molar-refractivity contribution in [2.75, 3.05) is 29.9 Å². The third-order valence-electron chi connectivity index (χ3n) is 4.60. The number of hydrogen-bond acceptors (Lipinski definition) is 3. The number of hydrogen-bond donors (Lipinski definition) is 0. The van der Waals surface area contributed by atoms with Crippen LogP contribution >= 0.6 is 12.2 Å². The van der Waals surface area contributed by atoms with Gasteiger partial charge >= 0.3 is 0 Å². The zero-order chi connectivity index (χ0) is 18.7. The number of carbonyl (C=O) groups is 1. The highest BCUT2D eigenvalue weighted by molar-refractivity contribution is 7.80. The first-order valence-electron chi connectivity index (χ1n) is 8.80. The Morgan fingerprint density at radius 1 is 1.00 bits per heavy atom. The van der Waals surface area contributed by atoms with E-state index in [9.17, 15) is 4.79 Å². The van der Waals surface area contributed by atoms with Crippen molar-refractivity contribution in [3.63, 3.8) is 0 Å². The fraction of sp³-hybridized carbons (Fsp3) is 0.238. The van der Waals surface area contributed by atoms with Crippen LogP contribution in [0.1, 0.15) is 19.4 Å². The number of amides is 1. The summed E-state index contributed by atoms with van der Waals surface area (Å²) >= 11 is 5.49. The molecule has 1 saturated heterocycles. The van der Waals surface area contributed by atoms with E-state index in [1.807, 2.05) is 55.6 Å². The lowest BCUT2D eigenvalue weighted by Gasteiger charge is -2.21. The predicted octanol–water partition coefficient (Wildman–Crippen LogP) is 4.14. The van der Waals surface area contributed by atoms with Gasteiger partial charge in [-0.3, -0.25) is 9.69 Å².